The van der Waals surface area contributed by atoms with Gasteiger partial charge >= 0.3 is 6.18 Å². The number of aromatic nitrogens is 1. The Morgan fingerprint density at radius 1 is 0.864 bits per heavy atom. The summed E-state index contributed by atoms with van der Waals surface area (Å²) in [6.45, 7) is 8.07. The molecule has 44 heavy (non-hydrogen) atoms. The fourth-order valence-electron chi connectivity index (χ4n) is 6.28. The summed E-state index contributed by atoms with van der Waals surface area (Å²) < 4.78 is 52.7. The van der Waals surface area contributed by atoms with Crippen molar-refractivity contribution in [2.45, 2.75) is 59.6 Å². The van der Waals surface area contributed by atoms with Gasteiger partial charge in [-0.05, 0) is 49.3 Å². The van der Waals surface area contributed by atoms with E-state index in [-0.39, 0.29) is 49.1 Å². The summed E-state index contributed by atoms with van der Waals surface area (Å²) in [4.78, 5) is 16.0. The Morgan fingerprint density at radius 2 is 1.43 bits per heavy atom. The molecule has 3 aromatic heterocycles. The van der Waals surface area contributed by atoms with E-state index in [0.29, 0.717) is 38.8 Å². The number of benzene rings is 3. The van der Waals surface area contributed by atoms with Crippen molar-refractivity contribution in [3.8, 4) is 11.3 Å². The molecule has 6 aromatic rings. The summed E-state index contributed by atoms with van der Waals surface area (Å²) in [7, 11) is 0. The Hall–Kier alpha value is -3.68. The first-order chi connectivity index (χ1) is 20.6. The summed E-state index contributed by atoms with van der Waals surface area (Å²) in [6, 6.07) is 14.1. The number of fused-ring (bicyclic) bond motifs is 1. The topological polar surface area (TPSA) is 76.5 Å². The van der Waals surface area contributed by atoms with Crippen molar-refractivity contribution in [2.75, 3.05) is 0 Å². The van der Waals surface area contributed by atoms with Gasteiger partial charge in [-0.2, -0.15) is 13.2 Å². The molecule has 0 amide bonds. The molecule has 1 radical (unpaired) electrons. The number of aliphatic hydroxyl groups excluding tert-OH is 1. The van der Waals surface area contributed by atoms with Crippen molar-refractivity contribution < 1.29 is 52.0 Å². The van der Waals surface area contributed by atoms with Crippen molar-refractivity contribution in [3.63, 3.8) is 0 Å². The fraction of sp³-hybridized carbons (Fsp3) is 0.314. The molecular weight excluding hydrogens is 748 g/mol. The molecule has 0 bridgehead atoms. The predicted octanol–water partition coefficient (Wildman–Crippen LogP) is 10.7. The first-order valence-electron chi connectivity index (χ1n) is 14.7. The molecule has 0 fully saturated rings. The number of furan rings is 2. The number of alkyl halides is 3. The number of nitrogens with zero attached hydrogens (tertiary/aromatic N) is 1. The quantitative estimate of drug-likeness (QED) is 0.0991. The van der Waals surface area contributed by atoms with E-state index in [0.717, 1.165) is 53.4 Å². The smallest absolute Gasteiger partial charge is 0.421 e. The maximum Gasteiger partial charge on any atom is 0.421 e. The largest absolute Gasteiger partial charge is 0.512 e. The molecule has 5 nitrogen and oxygen atoms in total. The summed E-state index contributed by atoms with van der Waals surface area (Å²) >= 11 is 0. The van der Waals surface area contributed by atoms with Gasteiger partial charge in [0.25, 0.3) is 0 Å². The van der Waals surface area contributed by atoms with E-state index in [2.05, 4.69) is 11.1 Å². The summed E-state index contributed by atoms with van der Waals surface area (Å²) in [5.74, 6) is 0.547. The number of carbonyl (C=O) groups is 1. The average Bonchev–Trinajstić information content (AvgIpc) is 3.52. The number of rotatable bonds is 7. The minimum atomic E-state index is -4.57. The van der Waals surface area contributed by atoms with E-state index in [1.54, 1.807) is 18.2 Å². The van der Waals surface area contributed by atoms with Gasteiger partial charge in [0.2, 0.25) is 0 Å². The number of carbonyl (C=O) groups excluding carboxylic acids is 1. The molecule has 1 N–H and O–H groups in total. The van der Waals surface area contributed by atoms with Crippen molar-refractivity contribution in [1.82, 2.24) is 4.98 Å². The first kappa shape index (κ1) is 31.7. The van der Waals surface area contributed by atoms with Gasteiger partial charge in [0, 0.05) is 66.1 Å². The Labute approximate surface area is 265 Å². The number of pyridine rings is 1. The summed E-state index contributed by atoms with van der Waals surface area (Å²) in [5, 5.41) is 14.2. The van der Waals surface area contributed by atoms with Gasteiger partial charge in [0.05, 0.1) is 5.76 Å². The number of ketones is 1. The van der Waals surface area contributed by atoms with Crippen LogP contribution in [0, 0.1) is 17.9 Å². The minimum Gasteiger partial charge on any atom is -0.512 e. The first-order valence-corrected chi connectivity index (χ1v) is 14.7. The van der Waals surface area contributed by atoms with E-state index in [9.17, 15) is 23.1 Å². The number of hydrogen-bond donors (Lipinski definition) is 1. The Kier molecular flexibility index (Phi) is 8.67. The van der Waals surface area contributed by atoms with Crippen molar-refractivity contribution in [2.24, 2.45) is 11.8 Å². The molecule has 1 aliphatic rings. The minimum absolute atomic E-state index is 0. The number of aliphatic hydroxyl groups is 1. The van der Waals surface area contributed by atoms with E-state index >= 15 is 0 Å². The zero-order chi connectivity index (χ0) is 30.6. The van der Waals surface area contributed by atoms with Crippen LogP contribution in [-0.4, -0.2) is 15.9 Å². The van der Waals surface area contributed by atoms with E-state index < -0.39 is 11.7 Å². The predicted molar refractivity (Wildman–Crippen MR) is 163 cm³/mol. The molecule has 231 valence electrons. The van der Waals surface area contributed by atoms with Gasteiger partial charge in [0.1, 0.15) is 27.9 Å². The molecule has 0 aliphatic heterocycles. The molecule has 3 aromatic carbocycles. The van der Waals surface area contributed by atoms with Gasteiger partial charge in [-0.25, -0.2) is 0 Å². The normalized spacial score (nSPS) is 12.9. The standard InChI is InChI=1S/C22H7F3NO2.C13H24O2.Ir/c23-22(24,25)11-8-26-20-10-3-1-2-9-4-5-12-16(15(9)10)17-13(27-12)6-7-14-18(17)19(20)21(11)28-14;1-5-10(6-2)12(14)9-13(15)11(7-3)8-4;/h1-2,4-8H;9-11,14H,5-8H2,1-4H3;/q-1;;/b;12-9-;. The van der Waals surface area contributed by atoms with Gasteiger partial charge < -0.3 is 18.9 Å². The number of halogens is 3. The van der Waals surface area contributed by atoms with Crippen LogP contribution in [0.2, 0.25) is 0 Å². The van der Waals surface area contributed by atoms with Crippen molar-refractivity contribution in [1.29, 1.82) is 0 Å². The molecular formula is C35H31F3IrNO4-. The van der Waals surface area contributed by atoms with Gasteiger partial charge in [-0.3, -0.25) is 4.79 Å². The fourth-order valence-corrected chi connectivity index (χ4v) is 6.28. The van der Waals surface area contributed by atoms with E-state index in [1.807, 2.05) is 45.9 Å². The Balaban J connectivity index is 0.000000209. The SMILES string of the molecule is CCC(CC)C(=O)/C=C(\O)C(CC)CC.FC(F)(F)c1cnc2c3c1oc1ccc4oc5ccc6cc[c-]c-2c6c5c4c13.[Ir]. The van der Waals surface area contributed by atoms with Crippen LogP contribution < -0.4 is 0 Å². The third-order valence-corrected chi connectivity index (χ3v) is 8.66. The van der Waals surface area contributed by atoms with Gasteiger partial charge in [-0.15, -0.1) is 29.1 Å². The van der Waals surface area contributed by atoms with Crippen LogP contribution in [0.5, 0.6) is 0 Å². The third kappa shape index (κ3) is 5.00. The molecule has 1 aliphatic carbocycles. The summed E-state index contributed by atoms with van der Waals surface area (Å²) in [6.07, 6.45) is 1.19. The Morgan fingerprint density at radius 3 is 2.05 bits per heavy atom. The Bertz CT molecular complexity index is 2060. The number of hydrogen-bond acceptors (Lipinski definition) is 5. The van der Waals surface area contributed by atoms with Gasteiger partial charge in [0.15, 0.2) is 5.78 Å². The van der Waals surface area contributed by atoms with Crippen molar-refractivity contribution in [3.05, 3.63) is 66.1 Å². The zero-order valence-electron chi connectivity index (χ0n) is 24.7. The van der Waals surface area contributed by atoms with Crippen LogP contribution in [0.15, 0.2) is 63.3 Å². The van der Waals surface area contributed by atoms with E-state index in [4.69, 9.17) is 8.83 Å². The van der Waals surface area contributed by atoms with Crippen LogP contribution in [0.25, 0.3) is 65.9 Å². The molecule has 0 saturated heterocycles. The zero-order valence-corrected chi connectivity index (χ0v) is 27.1. The van der Waals surface area contributed by atoms with Crippen LogP contribution in [0.4, 0.5) is 13.2 Å². The van der Waals surface area contributed by atoms with E-state index in [1.165, 1.54) is 6.08 Å². The molecule has 9 heteroatoms. The maximum atomic E-state index is 13.6. The molecule has 3 heterocycles. The average molecular weight is 779 g/mol. The van der Waals surface area contributed by atoms with Crippen LogP contribution >= 0.6 is 0 Å². The molecule has 0 saturated carbocycles. The maximum absolute atomic E-state index is 13.6. The number of allylic oxidation sites excluding steroid dienone is 2. The van der Waals surface area contributed by atoms with Crippen LogP contribution in [0.3, 0.4) is 0 Å². The second-order valence-corrected chi connectivity index (χ2v) is 11.0. The second kappa shape index (κ2) is 12.0. The molecule has 0 atom stereocenters. The molecule has 7 rings (SSSR count). The molecule has 0 spiro atoms. The third-order valence-electron chi connectivity index (χ3n) is 8.66. The van der Waals surface area contributed by atoms with Gasteiger partial charge in [-0.1, -0.05) is 39.1 Å². The summed E-state index contributed by atoms with van der Waals surface area (Å²) in [5.41, 5.74) is 1.69. The molecule has 0 unspecified atom stereocenters. The van der Waals surface area contributed by atoms with Crippen molar-refractivity contribution >= 4 is 60.4 Å². The second-order valence-electron chi connectivity index (χ2n) is 11.0. The van der Waals surface area contributed by atoms with Crippen LogP contribution in [-0.2, 0) is 31.1 Å². The monoisotopic (exact) mass is 779 g/mol. The van der Waals surface area contributed by atoms with Crippen LogP contribution in [0.1, 0.15) is 58.9 Å².